The molecule has 0 atom stereocenters. The normalized spacial score (nSPS) is 9.45. The van der Waals surface area contributed by atoms with Crippen LogP contribution in [0.1, 0.15) is 62.1 Å². The van der Waals surface area contributed by atoms with Crippen LogP contribution >= 0.6 is 0 Å². The second-order valence-corrected chi connectivity index (χ2v) is 7.77. The molecule has 0 heterocycles. The largest absolute Gasteiger partial charge is 3.00 e. The summed E-state index contributed by atoms with van der Waals surface area (Å²) in [6, 6.07) is 1.39. The molecule has 0 aromatic heterocycles. The van der Waals surface area contributed by atoms with Crippen LogP contribution in [0.2, 0.25) is 0 Å². The number of hydrogen-bond donors (Lipinski definition) is 9. The third kappa shape index (κ3) is 9.37. The van der Waals surface area contributed by atoms with Crippen LogP contribution < -0.4 is 30.6 Å². The fraction of sp³-hybridized carbons (Fsp3) is 0. The molecule has 0 amide bonds. The number of carboxylic acid groups (broad SMARTS) is 6. The number of carbonyl (C=O) groups is 6. The molecule has 0 saturated heterocycles. The number of aromatic carboxylic acids is 6. The predicted octanol–water partition coefficient (Wildman–Crippen LogP) is -8.17. The summed E-state index contributed by atoms with van der Waals surface area (Å²) < 4.78 is 0. The van der Waals surface area contributed by atoms with Crippen molar-refractivity contribution in [3.05, 3.63) is 51.6 Å². The van der Waals surface area contributed by atoms with Crippen molar-refractivity contribution in [1.82, 2.24) is 0 Å². The first-order chi connectivity index (χ1) is 20.6. The van der Waals surface area contributed by atoms with Crippen LogP contribution in [-0.4, -0.2) is 116 Å². The summed E-state index contributed by atoms with van der Waals surface area (Å²) in [4.78, 5) is 62.4. The van der Waals surface area contributed by atoms with Gasteiger partial charge in [0.1, 0.15) is 17.2 Å². The molecule has 0 aliphatic heterocycles. The minimum Gasteiger partial charge on any atom is -0.545 e. The maximum absolute atomic E-state index is 10.4. The van der Waals surface area contributed by atoms with E-state index < -0.39 is 121 Å². The topological polar surface area (TPSA) is 423 Å². The van der Waals surface area contributed by atoms with Gasteiger partial charge in [0.25, 0.3) is 0 Å². The Labute approximate surface area is 278 Å². The molecule has 23 heteroatoms. The summed E-state index contributed by atoms with van der Waals surface area (Å²) in [5.74, 6) is -22.0. The molecule has 3 aromatic rings. The van der Waals surface area contributed by atoms with Gasteiger partial charge in [-0.25, -0.2) is 0 Å². The van der Waals surface area contributed by atoms with E-state index in [4.69, 9.17) is 46.0 Å². The standard InChI is InChI=1S/3C8H6O7.2Al/c3*9-3-1-2(7(12)13)5(10)4(6(3)11)8(14)15;;/h3*1,9-11H,(H,12,13)(H,14,15);;/q;;;2*+3/p-6. The van der Waals surface area contributed by atoms with E-state index in [0.29, 0.717) is 18.2 Å². The monoisotopic (exact) mass is 690 g/mol. The van der Waals surface area contributed by atoms with Gasteiger partial charge in [0.05, 0.1) is 52.5 Å². The first-order valence-electron chi connectivity index (χ1n) is 10.7. The van der Waals surface area contributed by atoms with Crippen LogP contribution in [0.15, 0.2) is 18.2 Å². The van der Waals surface area contributed by atoms with Gasteiger partial charge in [-0.05, 0) is 18.2 Å². The second-order valence-electron chi connectivity index (χ2n) is 7.77. The Kier molecular flexibility index (Phi) is 15.2. The van der Waals surface area contributed by atoms with Crippen molar-refractivity contribution in [3.8, 4) is 51.7 Å². The van der Waals surface area contributed by atoms with Crippen LogP contribution in [-0.2, 0) is 0 Å². The van der Waals surface area contributed by atoms with E-state index in [0.717, 1.165) is 0 Å². The third-order valence-corrected chi connectivity index (χ3v) is 5.03. The van der Waals surface area contributed by atoms with E-state index in [1.165, 1.54) is 0 Å². The maximum atomic E-state index is 10.4. The molecule has 21 nitrogen and oxygen atoms in total. The zero-order valence-electron chi connectivity index (χ0n) is 22.3. The Morgan fingerprint density at radius 1 is 0.340 bits per heavy atom. The van der Waals surface area contributed by atoms with Crippen molar-refractivity contribution >= 4 is 70.5 Å². The number of aromatic hydroxyl groups is 9. The molecule has 3 rings (SSSR count). The van der Waals surface area contributed by atoms with Crippen molar-refractivity contribution in [1.29, 1.82) is 0 Å². The molecule has 0 aliphatic carbocycles. The van der Waals surface area contributed by atoms with E-state index >= 15 is 0 Å². The fourth-order valence-electron chi connectivity index (χ4n) is 2.99. The minimum atomic E-state index is -2.02. The van der Waals surface area contributed by atoms with Crippen molar-refractivity contribution in [2.45, 2.75) is 0 Å². The Hall–Kier alpha value is -6.26. The Morgan fingerprint density at radius 2 is 0.511 bits per heavy atom. The number of carboxylic acids is 6. The molecular formula is C24H12Al2O21. The van der Waals surface area contributed by atoms with Crippen LogP contribution in [0.25, 0.3) is 0 Å². The Balaban J connectivity index is 0. The molecule has 0 fully saturated rings. The van der Waals surface area contributed by atoms with Gasteiger partial charge in [0.15, 0.2) is 34.5 Å². The molecule has 9 N–H and O–H groups in total. The second kappa shape index (κ2) is 16.7. The number of phenols is 9. The van der Waals surface area contributed by atoms with Crippen molar-refractivity contribution in [2.24, 2.45) is 0 Å². The number of phenolic OH excluding ortho intramolecular Hbond substituents is 3. The molecule has 0 radical (unpaired) electrons. The molecule has 0 unspecified atom stereocenters. The van der Waals surface area contributed by atoms with Gasteiger partial charge >= 0.3 is 34.7 Å². The van der Waals surface area contributed by atoms with Crippen LogP contribution in [0, 0.1) is 0 Å². The average Bonchev–Trinajstić information content (AvgIpc) is 2.90. The van der Waals surface area contributed by atoms with Gasteiger partial charge in [0, 0.05) is 16.7 Å². The van der Waals surface area contributed by atoms with Crippen molar-refractivity contribution in [2.75, 3.05) is 0 Å². The predicted molar refractivity (Wildman–Crippen MR) is 132 cm³/mol. The smallest absolute Gasteiger partial charge is 0.545 e. The quantitative estimate of drug-likeness (QED) is 0.0658. The minimum absolute atomic E-state index is 0. The summed E-state index contributed by atoms with van der Waals surface area (Å²) in [6.07, 6.45) is 0. The van der Waals surface area contributed by atoms with Gasteiger partial charge in [-0.2, -0.15) is 0 Å². The summed E-state index contributed by atoms with van der Waals surface area (Å²) in [5, 5.41) is 144. The van der Waals surface area contributed by atoms with E-state index in [2.05, 4.69) is 0 Å². The molecule has 47 heavy (non-hydrogen) atoms. The van der Waals surface area contributed by atoms with E-state index in [1.54, 1.807) is 0 Å². The fourth-order valence-corrected chi connectivity index (χ4v) is 2.99. The number of benzene rings is 3. The number of hydrogen-bond acceptors (Lipinski definition) is 21. The first-order valence-corrected chi connectivity index (χ1v) is 10.7. The van der Waals surface area contributed by atoms with E-state index in [1.807, 2.05) is 0 Å². The number of rotatable bonds is 6. The molecule has 0 saturated carbocycles. The molecule has 0 aliphatic rings. The Morgan fingerprint density at radius 3 is 0.638 bits per heavy atom. The first kappa shape index (κ1) is 42.9. The summed E-state index contributed by atoms with van der Waals surface area (Å²) in [6.45, 7) is 0. The Bertz CT molecular complexity index is 1560. The van der Waals surface area contributed by atoms with E-state index in [-0.39, 0.29) is 34.7 Å². The molecule has 0 spiro atoms. The third-order valence-electron chi connectivity index (χ3n) is 5.03. The SMILES string of the molecule is O=C([O-])c1cc(O)c(O)c(C(=O)[O-])c1O.O=C([O-])c1cc(O)c(O)c(C(=O)[O-])c1O.O=C([O-])c1cc(O)c(O)c(C(=O)[O-])c1O.[Al+3].[Al+3]. The van der Waals surface area contributed by atoms with Crippen molar-refractivity contribution in [3.63, 3.8) is 0 Å². The van der Waals surface area contributed by atoms with Gasteiger partial charge < -0.3 is 105 Å². The van der Waals surface area contributed by atoms with E-state index in [9.17, 15) is 59.4 Å². The summed E-state index contributed by atoms with van der Waals surface area (Å²) in [7, 11) is 0. The van der Waals surface area contributed by atoms with Crippen molar-refractivity contribution < 1.29 is 105 Å². The zero-order valence-corrected chi connectivity index (χ0v) is 24.6. The van der Waals surface area contributed by atoms with Gasteiger partial charge in [0.2, 0.25) is 0 Å². The maximum Gasteiger partial charge on any atom is 3.00 e. The van der Waals surface area contributed by atoms with Gasteiger partial charge in [-0.15, -0.1) is 0 Å². The van der Waals surface area contributed by atoms with Gasteiger partial charge in [-0.3, -0.25) is 0 Å². The van der Waals surface area contributed by atoms with Crippen LogP contribution in [0.3, 0.4) is 0 Å². The van der Waals surface area contributed by atoms with Crippen LogP contribution in [0.5, 0.6) is 51.7 Å². The summed E-state index contributed by atoms with van der Waals surface area (Å²) in [5.41, 5.74) is -6.46. The summed E-state index contributed by atoms with van der Waals surface area (Å²) >= 11 is 0. The number of carbonyl (C=O) groups excluding carboxylic acids is 6. The average molecular weight is 690 g/mol. The molecule has 240 valence electrons. The zero-order chi connectivity index (χ0) is 35.2. The molecule has 0 bridgehead atoms. The molecular weight excluding hydrogens is 678 g/mol. The van der Waals surface area contributed by atoms with Crippen LogP contribution in [0.4, 0.5) is 0 Å². The molecule has 3 aromatic carbocycles. The van der Waals surface area contributed by atoms with Gasteiger partial charge in [-0.1, -0.05) is 0 Å².